The molecule has 0 bridgehead atoms. The second-order valence-corrected chi connectivity index (χ2v) is 8.15. The Kier molecular flexibility index (Phi) is 5.49. The molecule has 5 rings (SSSR count). The van der Waals surface area contributed by atoms with Crippen molar-refractivity contribution in [2.45, 2.75) is 13.0 Å². The van der Waals surface area contributed by atoms with E-state index in [4.69, 9.17) is 25.5 Å². The van der Waals surface area contributed by atoms with Crippen LogP contribution in [-0.2, 0) is 0 Å². The highest BCUT2D eigenvalue weighted by molar-refractivity contribution is 6.31. The predicted octanol–water partition coefficient (Wildman–Crippen LogP) is 5.74. The molecule has 8 heteroatoms. The van der Waals surface area contributed by atoms with E-state index in [-0.39, 0.29) is 27.7 Å². The summed E-state index contributed by atoms with van der Waals surface area (Å²) in [5.41, 5.74) is 1.08. The van der Waals surface area contributed by atoms with Crippen molar-refractivity contribution in [1.82, 2.24) is 0 Å². The molecule has 4 aromatic rings. The highest BCUT2D eigenvalue weighted by Gasteiger charge is 2.44. The average molecular weight is 480 g/mol. The number of benzene rings is 3. The fourth-order valence-corrected chi connectivity index (χ4v) is 4.43. The van der Waals surface area contributed by atoms with Gasteiger partial charge in [-0.25, -0.2) is 4.39 Å². The Hall–Kier alpha value is -3.84. The van der Waals surface area contributed by atoms with Gasteiger partial charge in [0.2, 0.25) is 5.76 Å². The lowest BCUT2D eigenvalue weighted by atomic mass is 9.97. The SMILES string of the molecule is CCOc1ccc(C2c3c(oc4ccc(Cl)cc4c3=O)C(=O)N2c2ccc(F)cc2)cc1OC. The van der Waals surface area contributed by atoms with E-state index in [1.807, 2.05) is 6.92 Å². The summed E-state index contributed by atoms with van der Waals surface area (Å²) in [6.45, 7) is 2.30. The van der Waals surface area contributed by atoms with Crippen molar-refractivity contribution in [2.75, 3.05) is 18.6 Å². The Labute approximate surface area is 199 Å². The van der Waals surface area contributed by atoms with Crippen LogP contribution < -0.4 is 19.8 Å². The number of hydrogen-bond donors (Lipinski definition) is 0. The van der Waals surface area contributed by atoms with Crippen molar-refractivity contribution >= 4 is 34.2 Å². The summed E-state index contributed by atoms with van der Waals surface area (Å²) in [6, 6.07) is 14.5. The molecule has 0 saturated carbocycles. The van der Waals surface area contributed by atoms with Crippen LogP contribution in [0.3, 0.4) is 0 Å². The molecule has 0 N–H and O–H groups in total. The van der Waals surface area contributed by atoms with Gasteiger partial charge in [-0.2, -0.15) is 0 Å². The number of ether oxygens (including phenoxy) is 2. The summed E-state index contributed by atoms with van der Waals surface area (Å²) < 4.78 is 30.7. The standard InChI is InChI=1S/C26H19ClFNO5/c1-3-33-20-10-4-14(12-21(20)32-2)23-22-24(30)18-13-15(27)5-11-19(18)34-25(22)26(31)29(23)17-8-6-16(28)7-9-17/h4-13,23H,3H2,1-2H3. The van der Waals surface area contributed by atoms with Crippen LogP contribution in [0.1, 0.15) is 34.6 Å². The minimum absolute atomic E-state index is 0.0676. The summed E-state index contributed by atoms with van der Waals surface area (Å²) in [7, 11) is 1.51. The number of fused-ring (bicyclic) bond motifs is 2. The van der Waals surface area contributed by atoms with Crippen LogP contribution in [0.15, 0.2) is 69.9 Å². The van der Waals surface area contributed by atoms with Gasteiger partial charge < -0.3 is 13.9 Å². The van der Waals surface area contributed by atoms with Gasteiger partial charge in [-0.1, -0.05) is 17.7 Å². The Morgan fingerprint density at radius 2 is 1.79 bits per heavy atom. The van der Waals surface area contributed by atoms with Gasteiger partial charge in [0, 0.05) is 10.7 Å². The lowest BCUT2D eigenvalue weighted by Gasteiger charge is -2.26. The molecule has 0 fully saturated rings. The molecule has 0 saturated heterocycles. The van der Waals surface area contributed by atoms with Crippen molar-refractivity contribution in [1.29, 1.82) is 0 Å². The van der Waals surface area contributed by atoms with Crippen LogP contribution in [0.4, 0.5) is 10.1 Å². The molecule has 1 atom stereocenters. The van der Waals surface area contributed by atoms with E-state index in [2.05, 4.69) is 0 Å². The highest BCUT2D eigenvalue weighted by Crippen LogP contribution is 2.43. The fraction of sp³-hybridized carbons (Fsp3) is 0.154. The predicted molar refractivity (Wildman–Crippen MR) is 127 cm³/mol. The zero-order valence-corrected chi connectivity index (χ0v) is 19.1. The lowest BCUT2D eigenvalue weighted by Crippen LogP contribution is -2.29. The molecule has 2 heterocycles. The molecule has 0 aliphatic carbocycles. The molecular formula is C26H19ClFNO5. The van der Waals surface area contributed by atoms with E-state index in [0.717, 1.165) is 0 Å². The summed E-state index contributed by atoms with van der Waals surface area (Å²) in [5, 5.41) is 0.640. The molecule has 1 unspecified atom stereocenters. The molecule has 1 aliphatic rings. The van der Waals surface area contributed by atoms with Gasteiger partial charge in [0.15, 0.2) is 16.9 Å². The maximum atomic E-state index is 13.6. The molecular weight excluding hydrogens is 461 g/mol. The van der Waals surface area contributed by atoms with Crippen molar-refractivity contribution < 1.29 is 23.1 Å². The summed E-state index contributed by atoms with van der Waals surface area (Å²) in [4.78, 5) is 28.6. The minimum atomic E-state index is -0.836. The molecule has 1 aromatic heterocycles. The normalized spacial score (nSPS) is 15.0. The first kappa shape index (κ1) is 22.0. The molecule has 6 nitrogen and oxygen atoms in total. The molecule has 1 aliphatic heterocycles. The van der Waals surface area contributed by atoms with Gasteiger partial charge >= 0.3 is 0 Å². The number of anilines is 1. The van der Waals surface area contributed by atoms with Crippen molar-refractivity contribution in [2.24, 2.45) is 0 Å². The Balaban J connectivity index is 1.78. The third kappa shape index (κ3) is 3.49. The number of hydrogen-bond acceptors (Lipinski definition) is 5. The number of methoxy groups -OCH3 is 1. The van der Waals surface area contributed by atoms with E-state index < -0.39 is 17.8 Å². The second-order valence-electron chi connectivity index (χ2n) is 7.71. The van der Waals surface area contributed by atoms with E-state index in [1.165, 1.54) is 42.3 Å². The van der Waals surface area contributed by atoms with Crippen LogP contribution in [-0.4, -0.2) is 19.6 Å². The van der Waals surface area contributed by atoms with Gasteiger partial charge in [-0.3, -0.25) is 14.5 Å². The first-order valence-corrected chi connectivity index (χ1v) is 11.0. The number of halogens is 2. The third-order valence-corrected chi connectivity index (χ3v) is 5.98. The number of carbonyl (C=O) groups is 1. The van der Waals surface area contributed by atoms with Gasteiger partial charge in [-0.05, 0) is 67.1 Å². The Morgan fingerprint density at radius 1 is 1.03 bits per heavy atom. The number of carbonyl (C=O) groups excluding carboxylic acids is 1. The van der Waals surface area contributed by atoms with E-state index in [9.17, 15) is 14.0 Å². The first-order valence-electron chi connectivity index (χ1n) is 10.6. The summed E-state index contributed by atoms with van der Waals surface area (Å²) in [6.07, 6.45) is 0. The van der Waals surface area contributed by atoms with Crippen LogP contribution in [0.5, 0.6) is 11.5 Å². The van der Waals surface area contributed by atoms with Crippen LogP contribution >= 0.6 is 11.6 Å². The van der Waals surface area contributed by atoms with Crippen molar-refractivity contribution in [3.05, 3.63) is 98.6 Å². The maximum absolute atomic E-state index is 13.6. The van der Waals surface area contributed by atoms with Gasteiger partial charge in [0.05, 0.1) is 30.7 Å². The summed E-state index contributed by atoms with van der Waals surface area (Å²) in [5.74, 6) is -0.0336. The first-order chi connectivity index (χ1) is 16.4. The third-order valence-electron chi connectivity index (χ3n) is 5.74. The smallest absolute Gasteiger partial charge is 0.295 e. The second kappa shape index (κ2) is 8.50. The van der Waals surface area contributed by atoms with E-state index >= 15 is 0 Å². The minimum Gasteiger partial charge on any atom is -0.493 e. The lowest BCUT2D eigenvalue weighted by molar-refractivity contribution is 0.0971. The largest absolute Gasteiger partial charge is 0.493 e. The van der Waals surface area contributed by atoms with Crippen molar-refractivity contribution in [3.63, 3.8) is 0 Å². The number of rotatable bonds is 5. The van der Waals surface area contributed by atoms with E-state index in [0.29, 0.717) is 34.4 Å². The van der Waals surface area contributed by atoms with Gasteiger partial charge in [0.25, 0.3) is 5.91 Å². The topological polar surface area (TPSA) is 69.0 Å². The van der Waals surface area contributed by atoms with Crippen LogP contribution in [0, 0.1) is 5.82 Å². The van der Waals surface area contributed by atoms with Gasteiger partial charge in [-0.15, -0.1) is 0 Å². The maximum Gasteiger partial charge on any atom is 0.295 e. The fourth-order valence-electron chi connectivity index (χ4n) is 4.26. The molecule has 0 radical (unpaired) electrons. The van der Waals surface area contributed by atoms with Crippen LogP contribution in [0.25, 0.3) is 11.0 Å². The van der Waals surface area contributed by atoms with Gasteiger partial charge in [0.1, 0.15) is 11.4 Å². The molecule has 0 spiro atoms. The summed E-state index contributed by atoms with van der Waals surface area (Å²) >= 11 is 6.13. The Morgan fingerprint density at radius 3 is 2.50 bits per heavy atom. The highest BCUT2D eigenvalue weighted by atomic mass is 35.5. The molecule has 172 valence electrons. The zero-order valence-electron chi connectivity index (χ0n) is 18.3. The van der Waals surface area contributed by atoms with Crippen LogP contribution in [0.2, 0.25) is 5.02 Å². The van der Waals surface area contributed by atoms with E-state index in [1.54, 1.807) is 30.3 Å². The molecule has 1 amide bonds. The monoisotopic (exact) mass is 479 g/mol. The Bertz CT molecular complexity index is 1480. The quantitative estimate of drug-likeness (QED) is 0.365. The average Bonchev–Trinajstić information content (AvgIpc) is 3.13. The zero-order chi connectivity index (χ0) is 24.0. The number of amides is 1. The molecule has 3 aromatic carbocycles. The van der Waals surface area contributed by atoms with Crippen molar-refractivity contribution in [3.8, 4) is 11.5 Å². The number of nitrogens with zero attached hydrogens (tertiary/aromatic N) is 1. The molecule has 34 heavy (non-hydrogen) atoms.